The number of fused-ring (bicyclic) bond motifs is 8. The number of amides is 3. The molecule has 0 saturated carbocycles. The molecular weight excluding hydrogens is 662 g/mol. The largest absolute Gasteiger partial charge is 0.366 e. The molecule has 0 radical (unpaired) electrons. The summed E-state index contributed by atoms with van der Waals surface area (Å²) >= 11 is 0. The lowest BCUT2D eigenvalue weighted by Gasteiger charge is -2.13. The van der Waals surface area contributed by atoms with E-state index in [1.165, 1.54) is 0 Å². The maximum absolute atomic E-state index is 14.1. The zero-order valence-corrected chi connectivity index (χ0v) is 29.5. The number of carbonyl (C=O) groups is 4. The highest BCUT2D eigenvalue weighted by Crippen LogP contribution is 2.26. The molecular formula is C37H41N11O4. The van der Waals surface area contributed by atoms with Crippen molar-refractivity contribution in [3.05, 3.63) is 81.9 Å². The monoisotopic (exact) mass is 703 g/mol. The Morgan fingerprint density at radius 2 is 1.48 bits per heavy atom. The third-order valence-corrected chi connectivity index (χ3v) is 9.60. The third-order valence-electron chi connectivity index (χ3n) is 9.60. The normalized spacial score (nSPS) is 14.8. The summed E-state index contributed by atoms with van der Waals surface area (Å²) < 4.78 is 7.36. The number of aromatic nitrogens is 8. The zero-order chi connectivity index (χ0) is 36.5. The average Bonchev–Trinajstić information content (AvgIpc) is 3.86. The molecule has 0 spiro atoms. The molecule has 0 aliphatic carbocycles. The van der Waals surface area contributed by atoms with E-state index >= 15 is 0 Å². The van der Waals surface area contributed by atoms with Crippen molar-refractivity contribution in [2.45, 2.75) is 85.5 Å². The Hall–Kier alpha value is -6.12. The van der Waals surface area contributed by atoms with E-state index in [2.05, 4.69) is 20.8 Å². The van der Waals surface area contributed by atoms with Crippen molar-refractivity contribution in [1.29, 1.82) is 0 Å². The Labute approximate surface area is 299 Å². The number of nitrogens with two attached hydrogens (primary N) is 1. The summed E-state index contributed by atoms with van der Waals surface area (Å²) in [6.07, 6.45) is 5.17. The number of nitrogens with zero attached hydrogens (tertiary/aromatic N) is 8. The van der Waals surface area contributed by atoms with Crippen LogP contribution in [0.15, 0.2) is 42.5 Å². The molecule has 0 unspecified atom stereocenters. The first-order valence-electron chi connectivity index (χ1n) is 17.6. The maximum Gasteiger partial charge on any atom is 0.276 e. The Morgan fingerprint density at radius 3 is 2.15 bits per heavy atom. The van der Waals surface area contributed by atoms with Crippen molar-refractivity contribution < 1.29 is 19.2 Å². The molecule has 5 heterocycles. The van der Waals surface area contributed by atoms with Gasteiger partial charge in [-0.15, -0.1) is 0 Å². The third kappa shape index (κ3) is 6.56. The van der Waals surface area contributed by atoms with Gasteiger partial charge in [0.05, 0.1) is 33.5 Å². The molecule has 3 amide bonds. The first-order chi connectivity index (χ1) is 25.1. The van der Waals surface area contributed by atoms with Crippen LogP contribution in [-0.2, 0) is 32.6 Å². The predicted molar refractivity (Wildman–Crippen MR) is 196 cm³/mol. The second-order valence-electron chi connectivity index (χ2n) is 13.2. The van der Waals surface area contributed by atoms with Gasteiger partial charge >= 0.3 is 0 Å². The number of aryl methyl sites for hydroxylation is 6. The van der Waals surface area contributed by atoms with Crippen LogP contribution in [-0.4, -0.2) is 62.7 Å². The van der Waals surface area contributed by atoms with E-state index < -0.39 is 5.91 Å². The smallest absolute Gasteiger partial charge is 0.276 e. The van der Waals surface area contributed by atoms with Gasteiger partial charge in [-0.3, -0.25) is 39.2 Å². The van der Waals surface area contributed by atoms with Crippen LogP contribution in [0.4, 0.5) is 11.9 Å². The number of benzene rings is 2. The minimum atomic E-state index is -0.566. The predicted octanol–water partition coefficient (Wildman–Crippen LogP) is 5.04. The number of nitrogens with one attached hydrogen (secondary N) is 2. The van der Waals surface area contributed by atoms with E-state index in [0.717, 1.165) is 53.5 Å². The van der Waals surface area contributed by atoms with Crippen molar-refractivity contribution in [2.24, 2.45) is 5.73 Å². The summed E-state index contributed by atoms with van der Waals surface area (Å²) in [5, 5.41) is 15.4. The van der Waals surface area contributed by atoms with Crippen molar-refractivity contribution >= 4 is 58.0 Å². The summed E-state index contributed by atoms with van der Waals surface area (Å²) in [6.45, 7) is 7.80. The molecule has 0 atom stereocenters. The average molecular weight is 704 g/mol. The molecule has 6 aromatic rings. The van der Waals surface area contributed by atoms with Gasteiger partial charge in [-0.1, -0.05) is 6.42 Å². The lowest BCUT2D eigenvalue weighted by atomic mass is 10.0. The van der Waals surface area contributed by atoms with Crippen LogP contribution >= 0.6 is 0 Å². The number of primary amides is 1. The van der Waals surface area contributed by atoms with Gasteiger partial charge in [0.15, 0.2) is 0 Å². The van der Waals surface area contributed by atoms with Crippen molar-refractivity contribution in [3.8, 4) is 0 Å². The van der Waals surface area contributed by atoms with Crippen LogP contribution in [0.25, 0.3) is 22.1 Å². The van der Waals surface area contributed by atoms with E-state index in [9.17, 15) is 19.2 Å². The molecule has 4 aromatic heterocycles. The standard InChI is InChI=1S/C37H41N11O4/c1-4-47-32-26(23(3)44-47)10-6-5-7-17-48-31(18-22(2)43-48)34(51)41-36-39-27-19-24(21-49)11-13-29(27)45(36)15-8-9-16-46-30-14-12-25(33(38)50)20-28(30)40-37(46)42-35(32)52/h11-14,18-21H,4-10,15-17H2,1-3H3,(H2,38,50)(H,39,41,51)(H,40,42,52). The van der Waals surface area contributed by atoms with Crippen molar-refractivity contribution in [3.63, 3.8) is 0 Å². The molecule has 7 rings (SSSR count). The number of hydrogen-bond acceptors (Lipinski definition) is 8. The number of anilines is 2. The topological polar surface area (TPSA) is 190 Å². The summed E-state index contributed by atoms with van der Waals surface area (Å²) in [5.74, 6) is -0.464. The minimum Gasteiger partial charge on any atom is -0.366 e. The Bertz CT molecular complexity index is 2360. The molecule has 52 heavy (non-hydrogen) atoms. The number of imidazole rings is 2. The Morgan fingerprint density at radius 1 is 0.827 bits per heavy atom. The molecule has 15 heteroatoms. The molecule has 2 aromatic carbocycles. The van der Waals surface area contributed by atoms with Gasteiger partial charge in [0.1, 0.15) is 17.7 Å². The van der Waals surface area contributed by atoms with E-state index in [0.29, 0.717) is 90.9 Å². The van der Waals surface area contributed by atoms with E-state index in [4.69, 9.17) is 15.7 Å². The fourth-order valence-corrected chi connectivity index (χ4v) is 7.05. The van der Waals surface area contributed by atoms with E-state index in [-0.39, 0.29) is 11.8 Å². The van der Waals surface area contributed by atoms with E-state index in [1.807, 2.05) is 36.0 Å². The van der Waals surface area contributed by atoms with Gasteiger partial charge in [-0.05, 0) is 95.3 Å². The van der Waals surface area contributed by atoms with Gasteiger partial charge in [0.2, 0.25) is 17.8 Å². The highest BCUT2D eigenvalue weighted by molar-refractivity contribution is 6.05. The molecule has 1 aliphatic rings. The van der Waals surface area contributed by atoms with Crippen molar-refractivity contribution in [2.75, 3.05) is 10.6 Å². The number of rotatable bonds is 3. The Kier molecular flexibility index (Phi) is 9.41. The van der Waals surface area contributed by atoms with Crippen LogP contribution in [0.3, 0.4) is 0 Å². The lowest BCUT2D eigenvalue weighted by Crippen LogP contribution is -2.21. The second-order valence-corrected chi connectivity index (χ2v) is 13.2. The summed E-state index contributed by atoms with van der Waals surface area (Å²) in [5.41, 5.74) is 12.4. The summed E-state index contributed by atoms with van der Waals surface area (Å²) in [6, 6.07) is 12.1. The first kappa shape index (κ1) is 34.3. The quantitative estimate of drug-likeness (QED) is 0.214. The lowest BCUT2D eigenvalue weighted by molar-refractivity contribution is 0.0994. The molecule has 0 bridgehead atoms. The zero-order valence-electron chi connectivity index (χ0n) is 29.5. The van der Waals surface area contributed by atoms with Gasteiger partial charge in [-0.25, -0.2) is 9.97 Å². The fourth-order valence-electron chi connectivity index (χ4n) is 7.05. The summed E-state index contributed by atoms with van der Waals surface area (Å²) in [4.78, 5) is 60.9. The molecule has 268 valence electrons. The van der Waals surface area contributed by atoms with Crippen LogP contribution < -0.4 is 16.4 Å². The molecule has 0 fully saturated rings. The SMILES string of the molecule is CCn1nc(C)c2c1C(=O)Nc1nc3cc(C(N)=O)ccc3n1CCCCn1c(nc3cc(C=O)ccc31)NC(=O)c1cc(C)nn1CCCCC2. The molecule has 4 N–H and O–H groups in total. The Balaban J connectivity index is 1.27. The molecule has 0 saturated heterocycles. The van der Waals surface area contributed by atoms with Crippen LogP contribution in [0.2, 0.25) is 0 Å². The van der Waals surface area contributed by atoms with E-state index in [1.54, 1.807) is 45.8 Å². The maximum atomic E-state index is 14.1. The minimum absolute atomic E-state index is 0.305. The first-order valence-corrected chi connectivity index (χ1v) is 17.6. The van der Waals surface area contributed by atoms with Gasteiger partial charge in [0.25, 0.3) is 11.8 Å². The van der Waals surface area contributed by atoms with Crippen LogP contribution in [0, 0.1) is 13.8 Å². The van der Waals surface area contributed by atoms with Gasteiger partial charge in [0, 0.05) is 42.9 Å². The highest BCUT2D eigenvalue weighted by Gasteiger charge is 2.24. The molecule has 1 aliphatic heterocycles. The molecule has 15 nitrogen and oxygen atoms in total. The van der Waals surface area contributed by atoms with Crippen LogP contribution in [0.5, 0.6) is 0 Å². The number of hydrogen-bond donors (Lipinski definition) is 3. The van der Waals surface area contributed by atoms with Crippen molar-refractivity contribution in [1.82, 2.24) is 38.7 Å². The number of carbonyl (C=O) groups excluding carboxylic acids is 4. The summed E-state index contributed by atoms with van der Waals surface area (Å²) in [7, 11) is 0. The van der Waals surface area contributed by atoms with Gasteiger partial charge < -0.3 is 14.9 Å². The number of aldehydes is 1. The fraction of sp³-hybridized carbons (Fsp3) is 0.351. The van der Waals surface area contributed by atoms with Crippen LogP contribution in [0.1, 0.15) is 97.7 Å². The van der Waals surface area contributed by atoms with Gasteiger partial charge in [-0.2, -0.15) is 10.2 Å². The highest BCUT2D eigenvalue weighted by atomic mass is 16.2. The second kappa shape index (κ2) is 14.2.